The number of aliphatic hydroxyl groups is 1. The van der Waals surface area contributed by atoms with E-state index >= 15 is 0 Å². The lowest BCUT2D eigenvalue weighted by Gasteiger charge is -2.11. The topological polar surface area (TPSA) is 46.2 Å². The zero-order valence-corrected chi connectivity index (χ0v) is 9.46. The second kappa shape index (κ2) is 5.10. The smallest absolute Gasteiger partial charge is 0.0471 e. The molecule has 1 aromatic carbocycles. The molecule has 15 heavy (non-hydrogen) atoms. The van der Waals surface area contributed by atoms with Crippen LogP contribution in [0.1, 0.15) is 36.1 Å². The lowest BCUT2D eigenvalue weighted by Crippen LogP contribution is -2.05. The highest BCUT2D eigenvalue weighted by molar-refractivity contribution is 5.64. The van der Waals surface area contributed by atoms with Gasteiger partial charge in [-0.25, -0.2) is 0 Å². The standard InChI is InChI=1S/C13H19NO/c1-9-6-12(10(2)4-5-15)8-13(7-9)11(3)14/h6-8,11,15H,2,4-5,14H2,1,3H3. The molecular weight excluding hydrogens is 186 g/mol. The van der Waals surface area contributed by atoms with Crippen molar-refractivity contribution in [2.75, 3.05) is 6.61 Å². The average Bonchev–Trinajstić information content (AvgIpc) is 2.17. The molecule has 3 N–H and O–H groups in total. The highest BCUT2D eigenvalue weighted by Gasteiger charge is 2.05. The van der Waals surface area contributed by atoms with Crippen LogP contribution < -0.4 is 5.73 Å². The summed E-state index contributed by atoms with van der Waals surface area (Å²) in [6, 6.07) is 6.24. The van der Waals surface area contributed by atoms with Gasteiger partial charge in [0.2, 0.25) is 0 Å². The zero-order valence-electron chi connectivity index (χ0n) is 9.46. The van der Waals surface area contributed by atoms with Crippen LogP contribution in [0.4, 0.5) is 0 Å². The number of benzene rings is 1. The molecule has 0 heterocycles. The molecule has 0 fully saturated rings. The number of hydrogen-bond acceptors (Lipinski definition) is 2. The van der Waals surface area contributed by atoms with Crippen molar-refractivity contribution < 1.29 is 5.11 Å². The van der Waals surface area contributed by atoms with Crippen molar-refractivity contribution in [2.24, 2.45) is 5.73 Å². The van der Waals surface area contributed by atoms with E-state index in [4.69, 9.17) is 10.8 Å². The van der Waals surface area contributed by atoms with E-state index in [1.54, 1.807) is 0 Å². The highest BCUT2D eigenvalue weighted by atomic mass is 16.2. The minimum absolute atomic E-state index is 0.0329. The SMILES string of the molecule is C=C(CCO)c1cc(C)cc(C(C)N)c1. The maximum atomic E-state index is 8.86. The summed E-state index contributed by atoms with van der Waals surface area (Å²) < 4.78 is 0. The first-order chi connectivity index (χ1) is 7.04. The van der Waals surface area contributed by atoms with Crippen molar-refractivity contribution in [3.05, 3.63) is 41.5 Å². The molecule has 1 rings (SSSR count). The largest absolute Gasteiger partial charge is 0.396 e. The van der Waals surface area contributed by atoms with Crippen LogP contribution in [0.25, 0.3) is 5.57 Å². The predicted molar refractivity (Wildman–Crippen MR) is 64.5 cm³/mol. The van der Waals surface area contributed by atoms with E-state index in [0.717, 1.165) is 16.7 Å². The van der Waals surface area contributed by atoms with Crippen molar-refractivity contribution in [1.29, 1.82) is 0 Å². The Balaban J connectivity index is 3.03. The Kier molecular flexibility index (Phi) is 4.06. The van der Waals surface area contributed by atoms with Gasteiger partial charge >= 0.3 is 0 Å². The third-order valence-electron chi connectivity index (χ3n) is 2.45. The first kappa shape index (κ1) is 12.0. The highest BCUT2D eigenvalue weighted by Crippen LogP contribution is 2.21. The number of hydrogen-bond donors (Lipinski definition) is 2. The second-order valence-electron chi connectivity index (χ2n) is 4.00. The summed E-state index contributed by atoms with van der Waals surface area (Å²) >= 11 is 0. The lowest BCUT2D eigenvalue weighted by atomic mass is 9.97. The van der Waals surface area contributed by atoms with Gasteiger partial charge in [0.25, 0.3) is 0 Å². The molecule has 1 unspecified atom stereocenters. The molecule has 0 saturated heterocycles. The molecule has 0 aromatic heterocycles. The molecular formula is C13H19NO. The summed E-state index contributed by atoms with van der Waals surface area (Å²) in [6.07, 6.45) is 0.613. The Labute approximate surface area is 91.4 Å². The first-order valence-corrected chi connectivity index (χ1v) is 5.20. The minimum Gasteiger partial charge on any atom is -0.396 e. The molecule has 0 aliphatic heterocycles. The van der Waals surface area contributed by atoms with Crippen LogP contribution >= 0.6 is 0 Å². The molecule has 0 spiro atoms. The van der Waals surface area contributed by atoms with Gasteiger partial charge in [-0.2, -0.15) is 0 Å². The molecule has 2 heteroatoms. The van der Waals surface area contributed by atoms with Crippen molar-refractivity contribution in [1.82, 2.24) is 0 Å². The Morgan fingerprint density at radius 3 is 2.67 bits per heavy atom. The summed E-state index contributed by atoms with van der Waals surface area (Å²) in [5.74, 6) is 0. The number of aliphatic hydroxyl groups excluding tert-OH is 1. The molecule has 2 nitrogen and oxygen atoms in total. The van der Waals surface area contributed by atoms with Gasteiger partial charge in [0, 0.05) is 12.6 Å². The Bertz CT molecular complexity index is 356. The summed E-state index contributed by atoms with van der Waals surface area (Å²) in [6.45, 7) is 8.10. The molecule has 0 amide bonds. The molecule has 0 bridgehead atoms. The molecule has 1 aromatic rings. The van der Waals surface area contributed by atoms with Gasteiger partial charge in [0.1, 0.15) is 0 Å². The van der Waals surface area contributed by atoms with Gasteiger partial charge in [0.15, 0.2) is 0 Å². The van der Waals surface area contributed by atoms with E-state index in [2.05, 4.69) is 24.8 Å². The van der Waals surface area contributed by atoms with E-state index < -0.39 is 0 Å². The van der Waals surface area contributed by atoms with E-state index in [9.17, 15) is 0 Å². The van der Waals surface area contributed by atoms with Crippen molar-refractivity contribution in [3.63, 3.8) is 0 Å². The zero-order chi connectivity index (χ0) is 11.4. The summed E-state index contributed by atoms with van der Waals surface area (Å²) in [4.78, 5) is 0. The van der Waals surface area contributed by atoms with Crippen LogP contribution in [0.3, 0.4) is 0 Å². The van der Waals surface area contributed by atoms with Gasteiger partial charge in [-0.15, -0.1) is 0 Å². The molecule has 0 saturated carbocycles. The van der Waals surface area contributed by atoms with Crippen molar-refractivity contribution in [3.8, 4) is 0 Å². The van der Waals surface area contributed by atoms with Gasteiger partial charge < -0.3 is 10.8 Å². The van der Waals surface area contributed by atoms with E-state index in [0.29, 0.717) is 6.42 Å². The van der Waals surface area contributed by atoms with Crippen LogP contribution in [0.2, 0.25) is 0 Å². The first-order valence-electron chi connectivity index (χ1n) is 5.20. The number of rotatable bonds is 4. The average molecular weight is 205 g/mol. The Morgan fingerprint density at radius 2 is 2.13 bits per heavy atom. The fourth-order valence-corrected chi connectivity index (χ4v) is 1.56. The number of aryl methyl sites for hydroxylation is 1. The lowest BCUT2D eigenvalue weighted by molar-refractivity contribution is 0.305. The minimum atomic E-state index is 0.0329. The Morgan fingerprint density at radius 1 is 1.47 bits per heavy atom. The molecule has 0 aliphatic rings. The van der Waals surface area contributed by atoms with Crippen molar-refractivity contribution >= 4 is 5.57 Å². The maximum absolute atomic E-state index is 8.86. The third-order valence-corrected chi connectivity index (χ3v) is 2.45. The van der Waals surface area contributed by atoms with E-state index in [1.807, 2.05) is 13.8 Å². The van der Waals surface area contributed by atoms with Gasteiger partial charge in [-0.3, -0.25) is 0 Å². The second-order valence-corrected chi connectivity index (χ2v) is 4.00. The number of nitrogens with two attached hydrogens (primary N) is 1. The maximum Gasteiger partial charge on any atom is 0.0471 e. The van der Waals surface area contributed by atoms with Gasteiger partial charge in [-0.1, -0.05) is 24.3 Å². The van der Waals surface area contributed by atoms with Crippen LogP contribution in [-0.2, 0) is 0 Å². The van der Waals surface area contributed by atoms with Crippen molar-refractivity contribution in [2.45, 2.75) is 26.3 Å². The predicted octanol–water partition coefficient (Wildman–Crippen LogP) is 2.41. The normalized spacial score (nSPS) is 12.5. The molecule has 1 atom stereocenters. The quantitative estimate of drug-likeness (QED) is 0.793. The van der Waals surface area contributed by atoms with Crippen LogP contribution in [0, 0.1) is 6.92 Å². The fourth-order valence-electron chi connectivity index (χ4n) is 1.56. The van der Waals surface area contributed by atoms with Gasteiger partial charge in [0.05, 0.1) is 0 Å². The summed E-state index contributed by atoms with van der Waals surface area (Å²) in [5.41, 5.74) is 10.2. The molecule has 0 aliphatic carbocycles. The van der Waals surface area contributed by atoms with E-state index in [1.165, 1.54) is 5.56 Å². The van der Waals surface area contributed by atoms with Crippen LogP contribution in [0.15, 0.2) is 24.8 Å². The van der Waals surface area contributed by atoms with E-state index in [-0.39, 0.29) is 12.6 Å². The Hall–Kier alpha value is -1.12. The third kappa shape index (κ3) is 3.18. The van der Waals surface area contributed by atoms with Crippen LogP contribution in [0.5, 0.6) is 0 Å². The fraction of sp³-hybridized carbons (Fsp3) is 0.385. The molecule has 82 valence electrons. The summed E-state index contributed by atoms with van der Waals surface area (Å²) in [5, 5.41) is 8.86. The van der Waals surface area contributed by atoms with Gasteiger partial charge in [-0.05, 0) is 43.0 Å². The molecule has 0 radical (unpaired) electrons. The monoisotopic (exact) mass is 205 g/mol. The summed E-state index contributed by atoms with van der Waals surface area (Å²) in [7, 11) is 0. The van der Waals surface area contributed by atoms with Crippen LogP contribution in [-0.4, -0.2) is 11.7 Å².